The molecule has 2 heterocycles. The number of carbonyl (C=O) groups excluding carboxylic acids is 2. The number of amides is 1. The molecule has 0 aliphatic carbocycles. The Balaban J connectivity index is 1.78. The third-order valence-corrected chi connectivity index (χ3v) is 3.52. The van der Waals surface area contributed by atoms with Crippen molar-refractivity contribution in [2.45, 2.75) is 33.7 Å². The fourth-order valence-electron chi connectivity index (χ4n) is 2.10. The number of hydrogen-bond acceptors (Lipinski definition) is 5. The van der Waals surface area contributed by atoms with E-state index in [2.05, 4.69) is 10.3 Å². The highest BCUT2D eigenvalue weighted by Gasteiger charge is 2.33. The van der Waals surface area contributed by atoms with Gasteiger partial charge >= 0.3 is 5.97 Å². The molecule has 0 aromatic carbocycles. The minimum absolute atomic E-state index is 0.0278. The van der Waals surface area contributed by atoms with E-state index < -0.39 is 5.41 Å². The predicted molar refractivity (Wildman–Crippen MR) is 81.3 cm³/mol. The standard InChI is InChI=1S/C16H23N3O3/c1-16(2,3)15(21)22-19-9-7-12(11-19)14(20)18-10-13-6-4-5-8-17-13/h4-6,8,12H,7,9-11H2,1-3H3,(H,18,20). The zero-order valence-corrected chi connectivity index (χ0v) is 13.3. The van der Waals surface area contributed by atoms with Crippen LogP contribution >= 0.6 is 0 Å². The van der Waals surface area contributed by atoms with Crippen LogP contribution < -0.4 is 5.32 Å². The fraction of sp³-hybridized carbons (Fsp3) is 0.562. The molecule has 0 saturated carbocycles. The van der Waals surface area contributed by atoms with E-state index in [0.717, 1.165) is 5.69 Å². The molecule has 1 saturated heterocycles. The number of rotatable bonds is 4. The first kappa shape index (κ1) is 16.4. The molecule has 0 spiro atoms. The number of carbonyl (C=O) groups is 2. The van der Waals surface area contributed by atoms with Gasteiger partial charge in [-0.05, 0) is 39.3 Å². The van der Waals surface area contributed by atoms with E-state index in [-0.39, 0.29) is 17.8 Å². The molecule has 1 atom stereocenters. The van der Waals surface area contributed by atoms with Crippen LogP contribution in [-0.4, -0.2) is 35.0 Å². The molecule has 1 unspecified atom stereocenters. The van der Waals surface area contributed by atoms with Gasteiger partial charge in [-0.2, -0.15) is 0 Å². The zero-order valence-electron chi connectivity index (χ0n) is 13.3. The number of hydrogen-bond donors (Lipinski definition) is 1. The summed E-state index contributed by atoms with van der Waals surface area (Å²) in [6, 6.07) is 5.59. The molecular weight excluding hydrogens is 282 g/mol. The Morgan fingerprint density at radius 3 is 2.82 bits per heavy atom. The van der Waals surface area contributed by atoms with Crippen LogP contribution in [-0.2, 0) is 21.0 Å². The van der Waals surface area contributed by atoms with Crippen LogP contribution in [0.4, 0.5) is 0 Å². The molecule has 6 heteroatoms. The minimum Gasteiger partial charge on any atom is -0.367 e. The van der Waals surface area contributed by atoms with Crippen molar-refractivity contribution in [2.24, 2.45) is 11.3 Å². The Hall–Kier alpha value is -1.95. The fourth-order valence-corrected chi connectivity index (χ4v) is 2.10. The summed E-state index contributed by atoms with van der Waals surface area (Å²) in [6.45, 7) is 6.87. The van der Waals surface area contributed by atoms with Gasteiger partial charge in [-0.25, -0.2) is 4.79 Å². The van der Waals surface area contributed by atoms with Crippen LogP contribution in [0.2, 0.25) is 0 Å². The molecule has 1 aromatic heterocycles. The Morgan fingerprint density at radius 1 is 1.41 bits per heavy atom. The van der Waals surface area contributed by atoms with Gasteiger partial charge < -0.3 is 10.2 Å². The van der Waals surface area contributed by atoms with Crippen LogP contribution in [0.15, 0.2) is 24.4 Å². The van der Waals surface area contributed by atoms with Crippen molar-refractivity contribution < 1.29 is 14.4 Å². The maximum Gasteiger partial charge on any atom is 0.330 e. The summed E-state index contributed by atoms with van der Waals surface area (Å²) >= 11 is 0. The summed E-state index contributed by atoms with van der Waals surface area (Å²) in [7, 11) is 0. The average Bonchev–Trinajstić information content (AvgIpc) is 2.93. The van der Waals surface area contributed by atoms with Gasteiger partial charge in [-0.3, -0.25) is 9.78 Å². The Morgan fingerprint density at radius 2 is 2.18 bits per heavy atom. The quantitative estimate of drug-likeness (QED) is 0.913. The summed E-state index contributed by atoms with van der Waals surface area (Å²) in [5.41, 5.74) is 0.282. The smallest absolute Gasteiger partial charge is 0.330 e. The predicted octanol–water partition coefficient (Wildman–Crippen LogP) is 1.52. The Labute approximate surface area is 130 Å². The highest BCUT2D eigenvalue weighted by atomic mass is 16.7. The molecular formula is C16H23N3O3. The van der Waals surface area contributed by atoms with Gasteiger partial charge in [0.15, 0.2) is 0 Å². The lowest BCUT2D eigenvalue weighted by molar-refractivity contribution is -0.196. The van der Waals surface area contributed by atoms with Crippen molar-refractivity contribution in [2.75, 3.05) is 13.1 Å². The lowest BCUT2D eigenvalue weighted by Gasteiger charge is -2.21. The van der Waals surface area contributed by atoms with Gasteiger partial charge in [0, 0.05) is 19.3 Å². The van der Waals surface area contributed by atoms with E-state index in [9.17, 15) is 9.59 Å². The number of nitrogens with one attached hydrogen (secondary N) is 1. The van der Waals surface area contributed by atoms with Crippen molar-refractivity contribution in [3.05, 3.63) is 30.1 Å². The average molecular weight is 305 g/mol. The number of pyridine rings is 1. The molecule has 0 radical (unpaired) electrons. The lowest BCUT2D eigenvalue weighted by Crippen LogP contribution is -2.35. The summed E-state index contributed by atoms with van der Waals surface area (Å²) in [6.07, 6.45) is 2.39. The van der Waals surface area contributed by atoms with Crippen LogP contribution in [0.25, 0.3) is 0 Å². The van der Waals surface area contributed by atoms with Gasteiger partial charge in [0.2, 0.25) is 5.91 Å². The number of aromatic nitrogens is 1. The minimum atomic E-state index is -0.542. The zero-order chi connectivity index (χ0) is 16.2. The highest BCUT2D eigenvalue weighted by molar-refractivity contribution is 5.79. The summed E-state index contributed by atoms with van der Waals surface area (Å²) in [5.74, 6) is -0.460. The molecule has 1 aliphatic rings. The molecule has 22 heavy (non-hydrogen) atoms. The first-order valence-electron chi connectivity index (χ1n) is 7.51. The van der Waals surface area contributed by atoms with E-state index in [1.54, 1.807) is 11.3 Å². The topological polar surface area (TPSA) is 71.5 Å². The van der Waals surface area contributed by atoms with Crippen LogP contribution in [0, 0.1) is 11.3 Å². The molecule has 1 aromatic rings. The summed E-state index contributed by atoms with van der Waals surface area (Å²) in [5, 5.41) is 4.46. The largest absolute Gasteiger partial charge is 0.367 e. The van der Waals surface area contributed by atoms with Crippen LogP contribution in [0.1, 0.15) is 32.9 Å². The second-order valence-corrected chi connectivity index (χ2v) is 6.54. The van der Waals surface area contributed by atoms with Gasteiger partial charge in [0.1, 0.15) is 0 Å². The van der Waals surface area contributed by atoms with E-state index >= 15 is 0 Å². The highest BCUT2D eigenvalue weighted by Crippen LogP contribution is 2.21. The van der Waals surface area contributed by atoms with Crippen molar-refractivity contribution in [1.29, 1.82) is 0 Å². The van der Waals surface area contributed by atoms with E-state index in [1.165, 1.54) is 0 Å². The molecule has 120 valence electrons. The van der Waals surface area contributed by atoms with Gasteiger partial charge in [-0.15, -0.1) is 5.06 Å². The molecule has 1 aliphatic heterocycles. The van der Waals surface area contributed by atoms with Crippen molar-refractivity contribution in [3.63, 3.8) is 0 Å². The second kappa shape index (κ2) is 6.87. The van der Waals surface area contributed by atoms with E-state index in [4.69, 9.17) is 4.84 Å². The van der Waals surface area contributed by atoms with Crippen molar-refractivity contribution in [3.8, 4) is 0 Å². The van der Waals surface area contributed by atoms with E-state index in [1.807, 2.05) is 39.0 Å². The molecule has 6 nitrogen and oxygen atoms in total. The van der Waals surface area contributed by atoms with Gasteiger partial charge in [0.05, 0.1) is 23.6 Å². The Bertz CT molecular complexity index is 525. The van der Waals surface area contributed by atoms with Gasteiger partial charge in [0.25, 0.3) is 0 Å². The summed E-state index contributed by atoms with van der Waals surface area (Å²) in [4.78, 5) is 33.5. The molecule has 1 amide bonds. The number of hydroxylamine groups is 2. The van der Waals surface area contributed by atoms with Crippen LogP contribution in [0.5, 0.6) is 0 Å². The van der Waals surface area contributed by atoms with Crippen molar-refractivity contribution >= 4 is 11.9 Å². The van der Waals surface area contributed by atoms with Crippen molar-refractivity contribution in [1.82, 2.24) is 15.4 Å². The van der Waals surface area contributed by atoms with Gasteiger partial charge in [-0.1, -0.05) is 6.07 Å². The maximum atomic E-state index is 12.1. The SMILES string of the molecule is CC(C)(C)C(=O)ON1CCC(C(=O)NCc2ccccn2)C1. The molecule has 1 N–H and O–H groups in total. The molecule has 2 rings (SSSR count). The Kier molecular flexibility index (Phi) is 5.13. The maximum absolute atomic E-state index is 12.1. The molecule has 1 fully saturated rings. The third kappa shape index (κ3) is 4.53. The third-order valence-electron chi connectivity index (χ3n) is 3.52. The first-order chi connectivity index (χ1) is 10.4. The van der Waals surface area contributed by atoms with Crippen LogP contribution in [0.3, 0.4) is 0 Å². The normalized spacial score (nSPS) is 19.0. The lowest BCUT2D eigenvalue weighted by atomic mass is 9.98. The summed E-state index contributed by atoms with van der Waals surface area (Å²) < 4.78 is 0. The molecule has 0 bridgehead atoms. The number of nitrogens with zero attached hydrogens (tertiary/aromatic N) is 2. The monoisotopic (exact) mass is 305 g/mol. The van der Waals surface area contributed by atoms with E-state index in [0.29, 0.717) is 26.1 Å². The first-order valence-corrected chi connectivity index (χ1v) is 7.51. The second-order valence-electron chi connectivity index (χ2n) is 6.54.